The maximum atomic E-state index is 5.45. The third-order valence-corrected chi connectivity index (χ3v) is 4.25. The van der Waals surface area contributed by atoms with Gasteiger partial charge in [-0.3, -0.25) is 0 Å². The van der Waals surface area contributed by atoms with E-state index in [1.165, 1.54) is 45.2 Å². The summed E-state index contributed by atoms with van der Waals surface area (Å²) in [6, 6.07) is 0.864. The molecule has 2 unspecified atom stereocenters. The van der Waals surface area contributed by atoms with Gasteiger partial charge < -0.3 is 9.64 Å². The molecular weight excluding hydrogens is 254 g/mol. The van der Waals surface area contributed by atoms with Gasteiger partial charge >= 0.3 is 0 Å². The molecule has 2 heterocycles. The van der Waals surface area contributed by atoms with Gasteiger partial charge in [-0.1, -0.05) is 15.9 Å². The lowest BCUT2D eigenvalue weighted by molar-refractivity contribution is 0.160. The van der Waals surface area contributed by atoms with E-state index >= 15 is 0 Å². The molecule has 0 aromatic rings. The monoisotopic (exact) mass is 275 g/mol. The maximum absolute atomic E-state index is 5.45. The van der Waals surface area contributed by atoms with Gasteiger partial charge in [0, 0.05) is 24.5 Å². The molecule has 0 amide bonds. The highest BCUT2D eigenvalue weighted by Gasteiger charge is 2.27. The van der Waals surface area contributed by atoms with Crippen molar-refractivity contribution in [2.24, 2.45) is 5.92 Å². The number of rotatable bonds is 5. The molecule has 3 heteroatoms. The van der Waals surface area contributed by atoms with Crippen LogP contribution in [0.2, 0.25) is 0 Å². The Morgan fingerprint density at radius 3 is 3.00 bits per heavy atom. The van der Waals surface area contributed by atoms with Gasteiger partial charge in [-0.15, -0.1) is 0 Å². The lowest BCUT2D eigenvalue weighted by Crippen LogP contribution is -2.34. The van der Waals surface area contributed by atoms with Gasteiger partial charge in [0.15, 0.2) is 0 Å². The van der Waals surface area contributed by atoms with Gasteiger partial charge in [0.2, 0.25) is 0 Å². The van der Waals surface area contributed by atoms with Gasteiger partial charge in [0.25, 0.3) is 0 Å². The van der Waals surface area contributed by atoms with Crippen LogP contribution in [0.3, 0.4) is 0 Å². The Hall–Kier alpha value is 0.400. The largest absolute Gasteiger partial charge is 0.381 e. The maximum Gasteiger partial charge on any atom is 0.0507 e. The summed E-state index contributed by atoms with van der Waals surface area (Å²) in [7, 11) is 0. The molecule has 0 radical (unpaired) electrons. The Bertz CT molecular complexity index is 182. The van der Waals surface area contributed by atoms with E-state index in [9.17, 15) is 0 Å². The van der Waals surface area contributed by atoms with Crippen LogP contribution in [0.4, 0.5) is 0 Å². The van der Waals surface area contributed by atoms with E-state index in [0.29, 0.717) is 0 Å². The summed E-state index contributed by atoms with van der Waals surface area (Å²) in [5.41, 5.74) is 0. The van der Waals surface area contributed by atoms with E-state index in [1.54, 1.807) is 0 Å². The van der Waals surface area contributed by atoms with Crippen LogP contribution in [-0.2, 0) is 4.74 Å². The minimum atomic E-state index is 0.814. The van der Waals surface area contributed by atoms with Gasteiger partial charge in [-0.25, -0.2) is 0 Å². The summed E-state index contributed by atoms with van der Waals surface area (Å²) < 4.78 is 5.45. The van der Waals surface area contributed by atoms with Crippen molar-refractivity contribution in [3.05, 3.63) is 0 Å². The quantitative estimate of drug-likeness (QED) is 0.716. The topological polar surface area (TPSA) is 12.5 Å². The molecule has 88 valence electrons. The van der Waals surface area contributed by atoms with Crippen molar-refractivity contribution in [2.75, 3.05) is 31.6 Å². The lowest BCUT2D eigenvalue weighted by Gasteiger charge is -2.26. The van der Waals surface area contributed by atoms with Gasteiger partial charge in [0.05, 0.1) is 6.61 Å². The second-order valence-electron chi connectivity index (χ2n) is 4.85. The average Bonchev–Trinajstić information content (AvgIpc) is 2.87. The van der Waals surface area contributed by atoms with Crippen molar-refractivity contribution in [2.45, 2.75) is 38.1 Å². The molecule has 0 bridgehead atoms. The first kappa shape index (κ1) is 11.9. The molecule has 0 N–H and O–H groups in total. The number of nitrogens with zero attached hydrogens (tertiary/aromatic N) is 1. The van der Waals surface area contributed by atoms with Crippen molar-refractivity contribution in [3.8, 4) is 0 Å². The molecule has 2 atom stereocenters. The predicted octanol–water partition coefficient (Wildman–Crippen LogP) is 2.66. The van der Waals surface area contributed by atoms with E-state index in [0.717, 1.165) is 30.5 Å². The highest BCUT2D eigenvalue weighted by atomic mass is 79.9. The smallest absolute Gasteiger partial charge is 0.0507 e. The Balaban J connectivity index is 1.74. The van der Waals surface area contributed by atoms with Crippen LogP contribution in [0.15, 0.2) is 0 Å². The van der Waals surface area contributed by atoms with Crippen molar-refractivity contribution < 1.29 is 4.74 Å². The minimum Gasteiger partial charge on any atom is -0.381 e. The molecule has 2 aliphatic rings. The van der Waals surface area contributed by atoms with Crippen molar-refractivity contribution >= 4 is 15.9 Å². The summed E-state index contributed by atoms with van der Waals surface area (Å²) in [6.07, 6.45) is 6.80. The lowest BCUT2D eigenvalue weighted by atomic mass is 10.1. The van der Waals surface area contributed by atoms with Crippen molar-refractivity contribution in [1.82, 2.24) is 4.90 Å². The Morgan fingerprint density at radius 1 is 1.33 bits per heavy atom. The van der Waals surface area contributed by atoms with Gasteiger partial charge in [0.1, 0.15) is 0 Å². The summed E-state index contributed by atoms with van der Waals surface area (Å²) in [5.74, 6) is 0.814. The number of alkyl halides is 1. The van der Waals surface area contributed by atoms with Crippen LogP contribution in [0.5, 0.6) is 0 Å². The molecule has 0 aromatic heterocycles. The van der Waals surface area contributed by atoms with Crippen LogP contribution in [0, 0.1) is 5.92 Å². The molecule has 2 aliphatic heterocycles. The van der Waals surface area contributed by atoms with Crippen LogP contribution in [-0.4, -0.2) is 42.6 Å². The highest BCUT2D eigenvalue weighted by molar-refractivity contribution is 9.09. The zero-order chi connectivity index (χ0) is 10.5. The van der Waals surface area contributed by atoms with Crippen LogP contribution in [0.25, 0.3) is 0 Å². The van der Waals surface area contributed by atoms with Crippen molar-refractivity contribution in [1.29, 1.82) is 0 Å². The average molecular weight is 276 g/mol. The number of ether oxygens (including phenoxy) is 1. The summed E-state index contributed by atoms with van der Waals surface area (Å²) in [4.78, 5) is 2.71. The first-order chi connectivity index (χ1) is 7.40. The minimum absolute atomic E-state index is 0.814. The normalized spacial score (nSPS) is 32.6. The SMILES string of the molecule is BrCCCC1CCCN1CC1CCOC1. The predicted molar refractivity (Wildman–Crippen MR) is 66.5 cm³/mol. The van der Waals surface area contributed by atoms with Crippen LogP contribution >= 0.6 is 15.9 Å². The first-order valence-corrected chi connectivity index (χ1v) is 7.40. The van der Waals surface area contributed by atoms with E-state index < -0.39 is 0 Å². The number of halogens is 1. The second-order valence-corrected chi connectivity index (χ2v) is 5.64. The first-order valence-electron chi connectivity index (χ1n) is 6.28. The number of hydrogen-bond donors (Lipinski definition) is 0. The fourth-order valence-electron chi connectivity index (χ4n) is 2.83. The molecule has 2 nitrogen and oxygen atoms in total. The van der Waals surface area contributed by atoms with Crippen LogP contribution in [0.1, 0.15) is 32.1 Å². The summed E-state index contributed by atoms with van der Waals surface area (Å²) in [5, 5.41) is 1.16. The van der Waals surface area contributed by atoms with E-state index in [1.807, 2.05) is 0 Å². The number of hydrogen-bond acceptors (Lipinski definition) is 2. The molecule has 15 heavy (non-hydrogen) atoms. The zero-order valence-corrected chi connectivity index (χ0v) is 11.0. The van der Waals surface area contributed by atoms with Gasteiger partial charge in [-0.05, 0) is 44.6 Å². The summed E-state index contributed by atoms with van der Waals surface area (Å²) >= 11 is 3.53. The third-order valence-electron chi connectivity index (χ3n) is 3.69. The van der Waals surface area contributed by atoms with Crippen molar-refractivity contribution in [3.63, 3.8) is 0 Å². The van der Waals surface area contributed by atoms with E-state index in [-0.39, 0.29) is 0 Å². The van der Waals surface area contributed by atoms with Gasteiger partial charge in [-0.2, -0.15) is 0 Å². The Kier molecular flexibility index (Phi) is 4.92. The molecule has 2 rings (SSSR count). The Labute approximate surface area is 101 Å². The Morgan fingerprint density at radius 2 is 2.27 bits per heavy atom. The van der Waals surface area contributed by atoms with E-state index in [2.05, 4.69) is 20.8 Å². The standard InChI is InChI=1S/C12H22BrNO/c13-6-1-3-12-4-2-7-14(12)9-11-5-8-15-10-11/h11-12H,1-10H2. The molecule has 2 saturated heterocycles. The number of likely N-dealkylation sites (tertiary alicyclic amines) is 1. The third kappa shape index (κ3) is 3.43. The fraction of sp³-hybridized carbons (Fsp3) is 1.00. The second kappa shape index (κ2) is 6.21. The molecule has 2 fully saturated rings. The molecular formula is C12H22BrNO. The molecule has 0 aliphatic carbocycles. The highest BCUT2D eigenvalue weighted by Crippen LogP contribution is 2.24. The fourth-order valence-corrected chi connectivity index (χ4v) is 3.16. The molecule has 0 aromatic carbocycles. The zero-order valence-electron chi connectivity index (χ0n) is 9.46. The van der Waals surface area contributed by atoms with E-state index in [4.69, 9.17) is 4.74 Å². The molecule has 0 saturated carbocycles. The van der Waals surface area contributed by atoms with Crippen LogP contribution < -0.4 is 0 Å². The molecule has 0 spiro atoms. The summed E-state index contributed by atoms with van der Waals surface area (Å²) in [6.45, 7) is 4.60.